The Morgan fingerprint density at radius 2 is 2.17 bits per heavy atom. The summed E-state index contributed by atoms with van der Waals surface area (Å²) in [5.74, 6) is 0. The summed E-state index contributed by atoms with van der Waals surface area (Å²) in [5.41, 5.74) is 0. The summed E-state index contributed by atoms with van der Waals surface area (Å²) in [6.45, 7) is 0. The summed E-state index contributed by atoms with van der Waals surface area (Å²) >= 11 is 0. The Bertz CT molecular complexity index is 308. The summed E-state index contributed by atoms with van der Waals surface area (Å²) in [7, 11) is 2.11. The summed E-state index contributed by atoms with van der Waals surface area (Å²) in [5, 5.41) is 10.7. The molecule has 1 unspecified atom stereocenters. The van der Waals surface area contributed by atoms with E-state index in [2.05, 4.69) is 0 Å². The second-order valence-corrected chi connectivity index (χ2v) is 3.85. The van der Waals surface area contributed by atoms with Crippen LogP contribution in [0.1, 0.15) is 0 Å². The molecule has 66 valence electrons. The zero-order valence-electron chi connectivity index (χ0n) is 6.72. The van der Waals surface area contributed by atoms with Gasteiger partial charge in [-0.15, -0.1) is 0 Å². The molecule has 0 saturated carbocycles. The number of rotatable bonds is 2. The van der Waals surface area contributed by atoms with Gasteiger partial charge in [0.15, 0.2) is 0 Å². The largest absolute Gasteiger partial charge is 0.499 e. The van der Waals surface area contributed by atoms with Crippen molar-refractivity contribution in [2.45, 2.75) is 0 Å². The molecule has 0 fully saturated rings. The van der Waals surface area contributed by atoms with Crippen LogP contribution in [0.25, 0.3) is 0 Å². The third-order valence-electron chi connectivity index (χ3n) is 1.39. The molecule has 6 heteroatoms. The van der Waals surface area contributed by atoms with Crippen molar-refractivity contribution >= 4 is 20.8 Å². The van der Waals surface area contributed by atoms with Crippen molar-refractivity contribution in [3.05, 3.63) is 22.2 Å². The van der Waals surface area contributed by atoms with Gasteiger partial charge in [0.1, 0.15) is 4.92 Å². The first-order chi connectivity index (χ1) is 5.54. The van der Waals surface area contributed by atoms with Crippen molar-refractivity contribution in [2.24, 2.45) is 0 Å². The highest BCUT2D eigenvalue weighted by Gasteiger charge is 2.30. The molecule has 1 aromatic rings. The lowest BCUT2D eigenvalue weighted by molar-refractivity contribution is -0.380. The molecule has 0 aromatic carbocycles. The van der Waals surface area contributed by atoms with Crippen LogP contribution < -0.4 is 4.90 Å². The summed E-state index contributed by atoms with van der Waals surface area (Å²) < 4.78 is 9.40. The van der Waals surface area contributed by atoms with Gasteiger partial charge in [-0.3, -0.25) is 10.1 Å². The van der Waals surface area contributed by atoms with E-state index in [1.807, 2.05) is 0 Å². The van der Waals surface area contributed by atoms with E-state index in [-0.39, 0.29) is 5.00 Å². The van der Waals surface area contributed by atoms with Gasteiger partial charge in [0.25, 0.3) is 5.00 Å². The lowest BCUT2D eigenvalue weighted by Gasteiger charge is -2.01. The van der Waals surface area contributed by atoms with E-state index in [1.54, 1.807) is 25.1 Å². The van der Waals surface area contributed by atoms with Crippen molar-refractivity contribution in [3.63, 3.8) is 0 Å². The van der Waals surface area contributed by atoms with Crippen molar-refractivity contribution in [2.75, 3.05) is 19.0 Å². The molecule has 0 aliphatic carbocycles. The van der Waals surface area contributed by atoms with Crippen LogP contribution in [0.15, 0.2) is 12.1 Å². The SMILES string of the molecule is CN(C)c1ccc([N+](=O)[O-])[s+]1O. The number of nitro groups is 1. The Morgan fingerprint density at radius 3 is 2.42 bits per heavy atom. The van der Waals surface area contributed by atoms with E-state index < -0.39 is 15.7 Å². The molecule has 12 heavy (non-hydrogen) atoms. The summed E-state index contributed by atoms with van der Waals surface area (Å²) in [4.78, 5) is 11.4. The number of nitrogens with zero attached hydrogens (tertiary/aromatic N) is 2. The molecule has 1 N–H and O–H groups in total. The van der Waals surface area contributed by atoms with E-state index in [0.717, 1.165) is 0 Å². The predicted octanol–water partition coefficient (Wildman–Crippen LogP) is 1.55. The van der Waals surface area contributed by atoms with E-state index >= 15 is 0 Å². The Kier molecular flexibility index (Phi) is 2.30. The van der Waals surface area contributed by atoms with Gasteiger partial charge in [0, 0.05) is 20.2 Å². The van der Waals surface area contributed by atoms with Gasteiger partial charge in [0.05, 0.1) is 6.07 Å². The quantitative estimate of drug-likeness (QED) is 0.435. The molecule has 1 heterocycles. The Balaban J connectivity index is 3.13. The van der Waals surface area contributed by atoms with Crippen molar-refractivity contribution < 1.29 is 9.48 Å². The molecule has 0 aliphatic heterocycles. The number of hydrogen-bond donors (Lipinski definition) is 1. The molecular formula is C6H9N2O3S+. The Morgan fingerprint density at radius 1 is 1.58 bits per heavy atom. The Hall–Kier alpha value is -1.14. The molecule has 0 amide bonds. The van der Waals surface area contributed by atoms with E-state index in [9.17, 15) is 14.7 Å². The van der Waals surface area contributed by atoms with Crippen LogP contribution >= 0.6 is 10.8 Å². The van der Waals surface area contributed by atoms with Gasteiger partial charge in [-0.25, -0.2) is 0 Å². The summed E-state index contributed by atoms with van der Waals surface area (Å²) in [6, 6.07) is 2.89. The molecule has 1 atom stereocenters. The van der Waals surface area contributed by atoms with Crippen molar-refractivity contribution in [3.8, 4) is 0 Å². The van der Waals surface area contributed by atoms with Crippen LogP contribution in [-0.2, 0) is 0 Å². The smallest absolute Gasteiger partial charge is 0.332 e. The molecule has 0 saturated heterocycles. The topological polar surface area (TPSA) is 66.6 Å². The fraction of sp³-hybridized carbons (Fsp3) is 0.333. The molecule has 5 nitrogen and oxygen atoms in total. The van der Waals surface area contributed by atoms with Gasteiger partial charge >= 0.3 is 5.00 Å². The van der Waals surface area contributed by atoms with Crippen LogP contribution in [0.4, 0.5) is 10.0 Å². The molecule has 0 spiro atoms. The molecule has 1 rings (SSSR count). The third-order valence-corrected chi connectivity index (χ3v) is 2.96. The van der Waals surface area contributed by atoms with Crippen LogP contribution in [-0.4, -0.2) is 23.6 Å². The fourth-order valence-corrected chi connectivity index (χ4v) is 1.93. The normalized spacial score (nSPS) is 11.4. The second-order valence-electron chi connectivity index (χ2n) is 2.45. The Labute approximate surface area is 72.2 Å². The average Bonchev–Trinajstić information content (AvgIpc) is 2.30. The first-order valence-corrected chi connectivity index (χ1v) is 4.39. The lowest BCUT2D eigenvalue weighted by Crippen LogP contribution is -2.07. The first-order valence-electron chi connectivity index (χ1n) is 3.21. The van der Waals surface area contributed by atoms with Gasteiger partial charge in [-0.1, -0.05) is 0 Å². The zero-order chi connectivity index (χ0) is 9.30. The van der Waals surface area contributed by atoms with E-state index in [0.29, 0.717) is 5.00 Å². The lowest BCUT2D eigenvalue weighted by atomic mass is 10.6. The van der Waals surface area contributed by atoms with Crippen molar-refractivity contribution in [1.82, 2.24) is 0 Å². The first kappa shape index (κ1) is 8.95. The summed E-state index contributed by atoms with van der Waals surface area (Å²) in [6.07, 6.45) is 0. The highest BCUT2D eigenvalue weighted by atomic mass is 32.2. The minimum atomic E-state index is -1.36. The zero-order valence-corrected chi connectivity index (χ0v) is 7.54. The fourth-order valence-electron chi connectivity index (χ4n) is 0.832. The second kappa shape index (κ2) is 3.08. The van der Waals surface area contributed by atoms with Gasteiger partial charge in [-0.2, -0.15) is 4.55 Å². The minimum Gasteiger partial charge on any atom is -0.332 e. The molecule has 0 radical (unpaired) electrons. The average molecular weight is 189 g/mol. The highest BCUT2D eigenvalue weighted by Crippen LogP contribution is 2.39. The predicted molar refractivity (Wildman–Crippen MR) is 47.2 cm³/mol. The van der Waals surface area contributed by atoms with Crippen LogP contribution in [0, 0.1) is 10.1 Å². The third kappa shape index (κ3) is 1.39. The molecular weight excluding hydrogens is 180 g/mol. The monoisotopic (exact) mass is 189 g/mol. The van der Waals surface area contributed by atoms with Gasteiger partial charge in [-0.05, 0) is 0 Å². The van der Waals surface area contributed by atoms with E-state index in [4.69, 9.17) is 0 Å². The number of hydrogen-bond acceptors (Lipinski definition) is 4. The number of thiophene rings is 1. The maximum Gasteiger partial charge on any atom is 0.499 e. The van der Waals surface area contributed by atoms with E-state index in [1.165, 1.54) is 6.07 Å². The van der Waals surface area contributed by atoms with Crippen LogP contribution in [0.2, 0.25) is 0 Å². The van der Waals surface area contributed by atoms with Gasteiger partial charge in [0.2, 0.25) is 10.8 Å². The van der Waals surface area contributed by atoms with Gasteiger partial charge < -0.3 is 4.90 Å². The van der Waals surface area contributed by atoms with Crippen molar-refractivity contribution in [1.29, 1.82) is 0 Å². The van der Waals surface area contributed by atoms with Crippen LogP contribution in [0.5, 0.6) is 0 Å². The standard InChI is InChI=1S/C6H9N2O3S/c1-7(2)5-3-4-6(8(9)10)12(5)11/h3-4,11H,1-2H3/q+1. The molecule has 1 aromatic heterocycles. The maximum atomic E-state index is 10.3. The number of anilines is 1. The van der Waals surface area contributed by atoms with Crippen LogP contribution in [0.3, 0.4) is 0 Å². The molecule has 0 bridgehead atoms. The maximum absolute atomic E-state index is 10.3. The molecule has 0 aliphatic rings. The minimum absolute atomic E-state index is 0.140. The highest BCUT2D eigenvalue weighted by molar-refractivity contribution is 7.32.